The Hall–Kier alpha value is -6.24. The van der Waals surface area contributed by atoms with E-state index in [0.29, 0.717) is 34.4 Å². The summed E-state index contributed by atoms with van der Waals surface area (Å²) in [4.78, 5) is 35.2. The Morgan fingerprint density at radius 3 is 2.32 bits per heavy atom. The van der Waals surface area contributed by atoms with E-state index in [0.717, 1.165) is 64.1 Å². The SMILES string of the molecule is CN(C)C(c1ccc(C#N)cc1)n1c(=O)c2cc(Br)ccc2n2cnnc12.Cc1ccc2c(c1)c(=O)n(Cc1cccnc1)c1nnc(N3CCCCCC3)n21. The second-order valence-corrected chi connectivity index (χ2v) is 15.1. The first-order valence-corrected chi connectivity index (χ1v) is 19.2. The molecule has 1 aliphatic rings. The minimum atomic E-state index is -0.402. The van der Waals surface area contributed by atoms with Gasteiger partial charge in [0.1, 0.15) is 12.5 Å². The van der Waals surface area contributed by atoms with E-state index in [1.54, 1.807) is 46.1 Å². The van der Waals surface area contributed by atoms with E-state index in [1.807, 2.05) is 84.9 Å². The number of aryl methyl sites for hydroxylation is 1. The summed E-state index contributed by atoms with van der Waals surface area (Å²) in [7, 11) is 3.79. The first-order valence-electron chi connectivity index (χ1n) is 18.5. The highest BCUT2D eigenvalue weighted by Crippen LogP contribution is 2.26. The molecule has 6 heterocycles. The zero-order valence-electron chi connectivity index (χ0n) is 31.2. The van der Waals surface area contributed by atoms with Crippen molar-refractivity contribution in [3.05, 3.63) is 139 Å². The van der Waals surface area contributed by atoms with Crippen LogP contribution >= 0.6 is 15.9 Å². The van der Waals surface area contributed by atoms with Crippen LogP contribution in [-0.4, -0.2) is 75.4 Å². The lowest BCUT2D eigenvalue weighted by Gasteiger charge is -2.27. The zero-order chi connectivity index (χ0) is 38.9. The van der Waals surface area contributed by atoms with Crippen molar-refractivity contribution >= 4 is 55.2 Å². The molecule has 1 fully saturated rings. The number of halogens is 1. The molecule has 1 unspecified atom stereocenters. The van der Waals surface area contributed by atoms with E-state index >= 15 is 0 Å². The summed E-state index contributed by atoms with van der Waals surface area (Å²) in [6.07, 6.45) is 9.53. The number of nitrogens with zero attached hydrogens (tertiary/aromatic N) is 12. The Labute approximate surface area is 330 Å². The quantitative estimate of drug-likeness (QED) is 0.197. The van der Waals surface area contributed by atoms with Crippen LogP contribution in [0.15, 0.2) is 106 Å². The van der Waals surface area contributed by atoms with Crippen LogP contribution in [0.4, 0.5) is 5.95 Å². The number of rotatable bonds is 6. The minimum absolute atomic E-state index is 0.0464. The Morgan fingerprint density at radius 1 is 0.857 bits per heavy atom. The van der Waals surface area contributed by atoms with Crippen LogP contribution < -0.4 is 16.0 Å². The van der Waals surface area contributed by atoms with Crippen molar-refractivity contribution in [1.29, 1.82) is 5.26 Å². The Balaban J connectivity index is 0.000000158. The first-order chi connectivity index (χ1) is 27.2. The number of aromatic nitrogens is 9. The van der Waals surface area contributed by atoms with Gasteiger partial charge in [0, 0.05) is 30.0 Å². The summed E-state index contributed by atoms with van der Waals surface area (Å²) in [5.74, 6) is 1.86. The van der Waals surface area contributed by atoms with Gasteiger partial charge in [-0.15, -0.1) is 20.4 Å². The number of fused-ring (bicyclic) bond motifs is 6. The van der Waals surface area contributed by atoms with Crippen molar-refractivity contribution < 1.29 is 0 Å². The summed E-state index contributed by atoms with van der Waals surface area (Å²) >= 11 is 3.44. The second kappa shape index (κ2) is 15.5. The van der Waals surface area contributed by atoms with Gasteiger partial charge in [-0.05, 0) is 93.5 Å². The van der Waals surface area contributed by atoms with Gasteiger partial charge in [0.05, 0.1) is 40.0 Å². The van der Waals surface area contributed by atoms with Gasteiger partial charge in [0.15, 0.2) is 0 Å². The van der Waals surface area contributed by atoms with Crippen molar-refractivity contribution in [3.63, 3.8) is 0 Å². The molecule has 0 aliphatic carbocycles. The van der Waals surface area contributed by atoms with Crippen molar-refractivity contribution in [2.75, 3.05) is 32.1 Å². The Bertz CT molecular complexity index is 2860. The average Bonchev–Trinajstić information content (AvgIpc) is 3.79. The molecule has 5 aromatic heterocycles. The largest absolute Gasteiger partial charge is 0.341 e. The average molecular weight is 812 g/mol. The molecular weight excluding hydrogens is 772 g/mol. The summed E-state index contributed by atoms with van der Waals surface area (Å²) in [6, 6.07) is 24.7. The van der Waals surface area contributed by atoms with Crippen molar-refractivity contribution in [1.82, 2.24) is 48.2 Å². The van der Waals surface area contributed by atoms with Gasteiger partial charge >= 0.3 is 0 Å². The summed E-state index contributed by atoms with van der Waals surface area (Å²) in [6.45, 7) is 4.36. The van der Waals surface area contributed by atoms with Crippen LogP contribution in [0.3, 0.4) is 0 Å². The van der Waals surface area contributed by atoms with Crippen LogP contribution in [0, 0.1) is 18.3 Å². The van der Waals surface area contributed by atoms with Gasteiger partial charge in [-0.25, -0.2) is 4.40 Å². The molecule has 8 aromatic rings. The third-order valence-electron chi connectivity index (χ3n) is 10.2. The number of pyridine rings is 1. The summed E-state index contributed by atoms with van der Waals surface area (Å²) in [5, 5.41) is 27.5. The van der Waals surface area contributed by atoms with Gasteiger partial charge in [-0.3, -0.25) is 33.0 Å². The molecule has 0 saturated carbocycles. The lowest BCUT2D eigenvalue weighted by atomic mass is 10.1. The smallest absolute Gasteiger partial charge is 0.264 e. The molecule has 14 nitrogen and oxygen atoms in total. The molecule has 15 heteroatoms. The number of benzene rings is 3. The maximum atomic E-state index is 13.4. The molecule has 0 radical (unpaired) electrons. The fraction of sp³-hybridized carbons (Fsp3) is 0.268. The lowest BCUT2D eigenvalue weighted by Crippen LogP contribution is -2.36. The highest BCUT2D eigenvalue weighted by Gasteiger charge is 2.24. The fourth-order valence-electron chi connectivity index (χ4n) is 7.50. The van der Waals surface area contributed by atoms with Gasteiger partial charge < -0.3 is 4.90 Å². The van der Waals surface area contributed by atoms with E-state index in [2.05, 4.69) is 56.7 Å². The molecule has 0 N–H and O–H groups in total. The number of hydrogen-bond donors (Lipinski definition) is 0. The number of nitriles is 1. The summed E-state index contributed by atoms with van der Waals surface area (Å²) < 4.78 is 8.03. The van der Waals surface area contributed by atoms with Crippen LogP contribution in [0.5, 0.6) is 0 Å². The van der Waals surface area contributed by atoms with Crippen LogP contribution in [0.1, 0.15) is 54.1 Å². The predicted molar refractivity (Wildman–Crippen MR) is 219 cm³/mol. The molecule has 282 valence electrons. The maximum Gasteiger partial charge on any atom is 0.264 e. The Morgan fingerprint density at radius 2 is 1.61 bits per heavy atom. The third-order valence-corrected chi connectivity index (χ3v) is 10.7. The van der Waals surface area contributed by atoms with E-state index in [4.69, 9.17) is 5.26 Å². The predicted octanol–water partition coefficient (Wildman–Crippen LogP) is 5.96. The molecule has 3 aromatic carbocycles. The standard InChI is InChI=1S/C22H24N6O.C19H15BrN6O/c1-16-8-9-19-18(13-16)20(29)27(15-17-7-6-10-23-14-17)22-25-24-21(28(19)22)26-11-4-2-3-5-12-26;1-24(2)17(13-5-3-12(10-21)4-6-13)26-18(27)15-9-14(20)7-8-16(15)25-11-22-23-19(25)26/h6-10,13-14H,2-5,11-12,15H2,1H3;3-9,11,17H,1-2H3. The van der Waals surface area contributed by atoms with Crippen molar-refractivity contribution in [2.45, 2.75) is 45.3 Å². The zero-order valence-corrected chi connectivity index (χ0v) is 32.8. The highest BCUT2D eigenvalue weighted by atomic mass is 79.9. The molecule has 0 amide bonds. The van der Waals surface area contributed by atoms with Crippen molar-refractivity contribution in [2.24, 2.45) is 0 Å². The second-order valence-electron chi connectivity index (χ2n) is 14.2. The molecule has 1 saturated heterocycles. The monoisotopic (exact) mass is 810 g/mol. The number of anilines is 1. The molecule has 1 atom stereocenters. The molecule has 56 heavy (non-hydrogen) atoms. The number of hydrogen-bond acceptors (Lipinski definition) is 10. The third kappa shape index (κ3) is 6.82. The van der Waals surface area contributed by atoms with E-state index < -0.39 is 6.17 Å². The fourth-order valence-corrected chi connectivity index (χ4v) is 7.87. The molecule has 0 bridgehead atoms. The highest BCUT2D eigenvalue weighted by molar-refractivity contribution is 9.10. The lowest BCUT2D eigenvalue weighted by molar-refractivity contribution is 0.260. The normalized spacial score (nSPS) is 13.9. The van der Waals surface area contributed by atoms with E-state index in [1.165, 1.54) is 12.8 Å². The van der Waals surface area contributed by atoms with Gasteiger partial charge in [-0.2, -0.15) is 5.26 Å². The summed E-state index contributed by atoms with van der Waals surface area (Å²) in [5.41, 5.74) is 4.87. The first kappa shape index (κ1) is 36.7. The topological polar surface area (TPSA) is 148 Å². The van der Waals surface area contributed by atoms with Gasteiger partial charge in [0.2, 0.25) is 17.5 Å². The maximum absolute atomic E-state index is 13.4. The van der Waals surface area contributed by atoms with E-state index in [9.17, 15) is 9.59 Å². The van der Waals surface area contributed by atoms with Crippen LogP contribution in [0.25, 0.3) is 33.4 Å². The Kier molecular flexibility index (Phi) is 10.2. The van der Waals surface area contributed by atoms with Gasteiger partial charge in [-0.1, -0.05) is 58.6 Å². The van der Waals surface area contributed by atoms with Crippen LogP contribution in [0.2, 0.25) is 0 Å². The van der Waals surface area contributed by atoms with Crippen molar-refractivity contribution in [3.8, 4) is 6.07 Å². The molecule has 1 aliphatic heterocycles. The molecular formula is C41H39BrN12O2. The van der Waals surface area contributed by atoms with E-state index in [-0.39, 0.29) is 11.1 Å². The minimum Gasteiger partial charge on any atom is -0.341 e. The molecule has 0 spiro atoms. The van der Waals surface area contributed by atoms with Crippen LogP contribution in [-0.2, 0) is 6.54 Å². The molecule has 9 rings (SSSR count). The van der Waals surface area contributed by atoms with Gasteiger partial charge in [0.25, 0.3) is 11.1 Å².